The number of para-hydroxylation sites is 5. The zero-order valence-corrected chi connectivity index (χ0v) is 33.9. The van der Waals surface area contributed by atoms with E-state index in [1.807, 2.05) is 42.5 Å². The maximum Gasteiger partial charge on any atom is 0.238 e. The van der Waals surface area contributed by atoms with Crippen LogP contribution >= 0.6 is 0 Å². The van der Waals surface area contributed by atoms with Crippen molar-refractivity contribution in [2.45, 2.75) is 0 Å². The first-order valence-electron chi connectivity index (χ1n) is 21.2. The second kappa shape index (κ2) is 14.0. The van der Waals surface area contributed by atoms with E-state index in [0.29, 0.717) is 17.6 Å². The molecular weight excluding hydrogens is 771 g/mol. The largest absolute Gasteiger partial charge is 0.455 e. The summed E-state index contributed by atoms with van der Waals surface area (Å²) in [6.45, 7) is 0. The van der Waals surface area contributed by atoms with Crippen molar-refractivity contribution in [1.82, 2.24) is 24.1 Å². The summed E-state index contributed by atoms with van der Waals surface area (Å²) in [7, 11) is 0. The van der Waals surface area contributed by atoms with Crippen molar-refractivity contribution < 1.29 is 4.42 Å². The number of hydrogen-bond acceptors (Lipinski definition) is 4. The van der Waals surface area contributed by atoms with Crippen molar-refractivity contribution in [1.29, 1.82) is 0 Å². The minimum absolute atomic E-state index is 0.520. The minimum Gasteiger partial charge on any atom is -0.455 e. The SMILES string of the molecule is c1ccc(-c2cccc(-c3ccccc3-n3c4ccccc4c4ccc5c6ccccc6n(-c6nc(-c7ccccc7)nc(-c7cccc8c7oc7ccccc78)n6)c5c43)c2)cc1. The zero-order valence-electron chi connectivity index (χ0n) is 33.9. The second-order valence-corrected chi connectivity index (χ2v) is 16.0. The number of rotatable bonds is 6. The predicted molar refractivity (Wildman–Crippen MR) is 258 cm³/mol. The van der Waals surface area contributed by atoms with E-state index in [4.69, 9.17) is 19.4 Å². The number of benzene rings is 9. The van der Waals surface area contributed by atoms with Crippen LogP contribution in [-0.4, -0.2) is 24.1 Å². The number of aromatic nitrogens is 5. The Bertz CT molecular complexity index is 3920. The molecule has 0 radical (unpaired) electrons. The van der Waals surface area contributed by atoms with Gasteiger partial charge in [-0.3, -0.25) is 4.57 Å². The highest BCUT2D eigenvalue weighted by Gasteiger charge is 2.25. The van der Waals surface area contributed by atoms with Gasteiger partial charge in [0.1, 0.15) is 11.2 Å². The number of fused-ring (bicyclic) bond motifs is 10. The van der Waals surface area contributed by atoms with Gasteiger partial charge < -0.3 is 8.98 Å². The van der Waals surface area contributed by atoms with Crippen LogP contribution in [0.4, 0.5) is 0 Å². The predicted octanol–water partition coefficient (Wildman–Crippen LogP) is 14.6. The van der Waals surface area contributed by atoms with Gasteiger partial charge in [-0.05, 0) is 53.1 Å². The van der Waals surface area contributed by atoms with Crippen LogP contribution in [0.2, 0.25) is 0 Å². The average Bonchev–Trinajstić information content (AvgIpc) is 4.02. The number of nitrogens with zero attached hydrogens (tertiary/aromatic N) is 5. The lowest BCUT2D eigenvalue weighted by atomic mass is 9.98. The molecule has 0 atom stereocenters. The number of furan rings is 1. The Morgan fingerprint density at radius 3 is 1.65 bits per heavy atom. The molecule has 0 unspecified atom stereocenters. The summed E-state index contributed by atoms with van der Waals surface area (Å²) < 4.78 is 11.3. The van der Waals surface area contributed by atoms with Crippen LogP contribution in [0.1, 0.15) is 0 Å². The molecule has 0 aliphatic carbocycles. The van der Waals surface area contributed by atoms with E-state index in [9.17, 15) is 0 Å². The topological polar surface area (TPSA) is 61.7 Å². The van der Waals surface area contributed by atoms with E-state index in [1.165, 1.54) is 11.1 Å². The molecule has 0 amide bonds. The first-order chi connectivity index (χ1) is 31.3. The smallest absolute Gasteiger partial charge is 0.238 e. The van der Waals surface area contributed by atoms with Crippen LogP contribution in [0.5, 0.6) is 0 Å². The van der Waals surface area contributed by atoms with Gasteiger partial charge in [-0.1, -0.05) is 176 Å². The number of hydrogen-bond donors (Lipinski definition) is 0. The molecule has 4 aromatic heterocycles. The minimum atomic E-state index is 0.520. The fourth-order valence-electron chi connectivity index (χ4n) is 9.59. The molecule has 13 rings (SSSR count). The summed E-state index contributed by atoms with van der Waals surface area (Å²) in [5.74, 6) is 1.63. The zero-order chi connectivity index (χ0) is 41.4. The molecule has 0 saturated carbocycles. The molecule has 0 N–H and O–H groups in total. The van der Waals surface area contributed by atoms with Gasteiger partial charge in [-0.15, -0.1) is 0 Å². The molecule has 6 heteroatoms. The second-order valence-electron chi connectivity index (χ2n) is 16.0. The van der Waals surface area contributed by atoms with Gasteiger partial charge in [-0.2, -0.15) is 9.97 Å². The van der Waals surface area contributed by atoms with Crippen molar-refractivity contribution >= 4 is 65.6 Å². The quantitative estimate of drug-likeness (QED) is 0.168. The highest BCUT2D eigenvalue weighted by atomic mass is 16.3. The fraction of sp³-hybridized carbons (Fsp3) is 0. The third-order valence-corrected chi connectivity index (χ3v) is 12.4. The maximum atomic E-state index is 6.58. The van der Waals surface area contributed by atoms with E-state index in [1.54, 1.807) is 0 Å². The summed E-state index contributed by atoms with van der Waals surface area (Å²) in [6, 6.07) is 74.5. The molecular formula is C57H35N5O. The van der Waals surface area contributed by atoms with E-state index in [2.05, 4.69) is 179 Å². The summed E-state index contributed by atoms with van der Waals surface area (Å²) in [4.78, 5) is 16.0. The lowest BCUT2D eigenvalue weighted by molar-refractivity contribution is 0.669. The Kier molecular flexibility index (Phi) is 7.80. The maximum absolute atomic E-state index is 6.58. The van der Waals surface area contributed by atoms with Crippen LogP contribution in [0.25, 0.3) is 122 Å². The highest BCUT2D eigenvalue weighted by molar-refractivity contribution is 6.24. The Labute approximate surface area is 361 Å². The van der Waals surface area contributed by atoms with Gasteiger partial charge in [0.25, 0.3) is 0 Å². The molecule has 63 heavy (non-hydrogen) atoms. The molecule has 6 nitrogen and oxygen atoms in total. The van der Waals surface area contributed by atoms with Crippen LogP contribution in [-0.2, 0) is 0 Å². The normalized spacial score (nSPS) is 11.8. The summed E-state index contributed by atoms with van der Waals surface area (Å²) in [5, 5.41) is 6.58. The Morgan fingerprint density at radius 2 is 0.873 bits per heavy atom. The van der Waals surface area contributed by atoms with Crippen LogP contribution in [0.3, 0.4) is 0 Å². The Morgan fingerprint density at radius 1 is 0.333 bits per heavy atom. The summed E-state index contributed by atoms with van der Waals surface area (Å²) in [6.07, 6.45) is 0. The van der Waals surface area contributed by atoms with Gasteiger partial charge in [0, 0.05) is 43.4 Å². The molecule has 9 aromatic carbocycles. The van der Waals surface area contributed by atoms with Crippen LogP contribution in [0.15, 0.2) is 217 Å². The van der Waals surface area contributed by atoms with Crippen molar-refractivity contribution in [2.75, 3.05) is 0 Å². The van der Waals surface area contributed by atoms with Crippen LogP contribution < -0.4 is 0 Å². The first-order valence-corrected chi connectivity index (χ1v) is 21.2. The van der Waals surface area contributed by atoms with Crippen molar-refractivity contribution in [3.8, 4) is 56.7 Å². The molecule has 13 aromatic rings. The van der Waals surface area contributed by atoms with Gasteiger partial charge in [-0.25, -0.2) is 4.98 Å². The van der Waals surface area contributed by atoms with Crippen LogP contribution in [0, 0.1) is 0 Å². The molecule has 0 saturated heterocycles. The van der Waals surface area contributed by atoms with E-state index in [-0.39, 0.29) is 0 Å². The summed E-state index contributed by atoms with van der Waals surface area (Å²) >= 11 is 0. The lowest BCUT2D eigenvalue weighted by Gasteiger charge is -2.16. The highest BCUT2D eigenvalue weighted by Crippen LogP contribution is 2.44. The van der Waals surface area contributed by atoms with Crippen molar-refractivity contribution in [3.63, 3.8) is 0 Å². The van der Waals surface area contributed by atoms with E-state index in [0.717, 1.165) is 93.5 Å². The standard InChI is InChI=1S/C57H35N5O/c1-3-17-36(18-4-1)38-21-15-22-39(35-38)40-23-7-11-29-48(40)61-49-30-12-8-24-41(49)44-33-34-45-42-25-9-13-31-50(42)62(53(45)52(44)61)57-59-55(37-19-5-2-6-20-37)58-56(60-57)47-28-16-27-46-43-26-10-14-32-51(43)63-54(46)47/h1-35H. The molecule has 0 aliphatic rings. The molecule has 0 bridgehead atoms. The molecule has 0 aliphatic heterocycles. The first kappa shape index (κ1) is 35.2. The van der Waals surface area contributed by atoms with Gasteiger partial charge in [0.15, 0.2) is 11.6 Å². The fourth-order valence-corrected chi connectivity index (χ4v) is 9.59. The molecule has 0 spiro atoms. The van der Waals surface area contributed by atoms with Crippen molar-refractivity contribution in [2.24, 2.45) is 0 Å². The third kappa shape index (κ3) is 5.48. The summed E-state index contributed by atoms with van der Waals surface area (Å²) in [5.41, 5.74) is 13.2. The Hall–Kier alpha value is -8.61. The van der Waals surface area contributed by atoms with Gasteiger partial charge >= 0.3 is 0 Å². The Balaban J connectivity index is 1.14. The average molecular weight is 806 g/mol. The van der Waals surface area contributed by atoms with Gasteiger partial charge in [0.05, 0.1) is 33.3 Å². The van der Waals surface area contributed by atoms with E-state index < -0.39 is 0 Å². The molecule has 4 heterocycles. The monoisotopic (exact) mass is 805 g/mol. The third-order valence-electron chi connectivity index (χ3n) is 12.4. The molecule has 294 valence electrons. The van der Waals surface area contributed by atoms with E-state index >= 15 is 0 Å². The molecule has 0 fully saturated rings. The van der Waals surface area contributed by atoms with Crippen molar-refractivity contribution in [3.05, 3.63) is 212 Å². The lowest BCUT2D eigenvalue weighted by Crippen LogP contribution is -2.07. The van der Waals surface area contributed by atoms with Gasteiger partial charge in [0.2, 0.25) is 5.95 Å².